The van der Waals surface area contributed by atoms with Crippen molar-refractivity contribution in [1.82, 2.24) is 4.90 Å². The van der Waals surface area contributed by atoms with Crippen molar-refractivity contribution >= 4 is 29.1 Å². The fourth-order valence-corrected chi connectivity index (χ4v) is 3.00. The first-order valence-electron chi connectivity index (χ1n) is 8.10. The molecule has 1 fully saturated rings. The first-order valence-corrected chi connectivity index (χ1v) is 8.48. The maximum Gasteiger partial charge on any atom is 0.257 e. The Balaban J connectivity index is 1.82. The molecule has 6 heteroatoms. The largest absolute Gasteiger partial charge is 0.378 e. The third-order valence-electron chi connectivity index (χ3n) is 4.23. The smallest absolute Gasteiger partial charge is 0.257 e. The molecule has 0 aliphatic carbocycles. The minimum absolute atomic E-state index is 0.0466. The molecule has 2 aromatic carbocycles. The summed E-state index contributed by atoms with van der Waals surface area (Å²) < 4.78 is 5.29. The van der Waals surface area contributed by atoms with Crippen LogP contribution in [0.15, 0.2) is 42.5 Å². The van der Waals surface area contributed by atoms with Gasteiger partial charge in [-0.25, -0.2) is 0 Å². The molecule has 0 atom stereocenters. The molecule has 1 saturated heterocycles. The molecule has 2 aromatic rings. The van der Waals surface area contributed by atoms with Crippen LogP contribution in [-0.2, 0) is 4.74 Å². The van der Waals surface area contributed by atoms with E-state index in [9.17, 15) is 9.59 Å². The zero-order valence-corrected chi connectivity index (χ0v) is 14.7. The first-order chi connectivity index (χ1) is 12.1. The molecule has 1 aliphatic heterocycles. The molecule has 5 nitrogen and oxygen atoms in total. The van der Waals surface area contributed by atoms with Gasteiger partial charge in [0.05, 0.1) is 23.8 Å². The fourth-order valence-electron chi connectivity index (χ4n) is 2.77. The van der Waals surface area contributed by atoms with Crippen molar-refractivity contribution in [1.29, 1.82) is 0 Å². The van der Waals surface area contributed by atoms with E-state index in [4.69, 9.17) is 16.3 Å². The molecule has 130 valence electrons. The van der Waals surface area contributed by atoms with Crippen molar-refractivity contribution in [2.24, 2.45) is 0 Å². The van der Waals surface area contributed by atoms with Gasteiger partial charge in [-0.15, -0.1) is 0 Å². The molecule has 0 radical (unpaired) electrons. The highest BCUT2D eigenvalue weighted by atomic mass is 35.5. The van der Waals surface area contributed by atoms with Crippen molar-refractivity contribution in [3.8, 4) is 0 Å². The van der Waals surface area contributed by atoms with Crippen LogP contribution < -0.4 is 5.32 Å². The highest BCUT2D eigenvalue weighted by Gasteiger charge is 2.21. The minimum Gasteiger partial charge on any atom is -0.378 e. The number of rotatable bonds is 3. The molecule has 1 aliphatic rings. The molecule has 3 rings (SSSR count). The van der Waals surface area contributed by atoms with Gasteiger partial charge < -0.3 is 15.0 Å². The summed E-state index contributed by atoms with van der Waals surface area (Å²) >= 11 is 6.07. The van der Waals surface area contributed by atoms with Gasteiger partial charge in [0.25, 0.3) is 11.8 Å². The lowest BCUT2D eigenvalue weighted by Gasteiger charge is -2.27. The average molecular weight is 359 g/mol. The number of carbonyl (C=O) groups excluding carboxylic acids is 2. The van der Waals surface area contributed by atoms with Crippen LogP contribution >= 0.6 is 11.6 Å². The van der Waals surface area contributed by atoms with E-state index in [0.29, 0.717) is 48.1 Å². The maximum atomic E-state index is 12.7. The fraction of sp³-hybridized carbons (Fsp3) is 0.263. The zero-order chi connectivity index (χ0) is 17.8. The standard InChI is InChI=1S/C19H19ClN2O3/c1-13-14(19(24)22-9-11-25-12-10-22)6-4-8-17(13)21-18(23)15-5-2-3-7-16(15)20/h2-8H,9-12H2,1H3,(H,21,23). The number of anilines is 1. The molecular weight excluding hydrogens is 340 g/mol. The number of hydrogen-bond acceptors (Lipinski definition) is 3. The molecule has 25 heavy (non-hydrogen) atoms. The molecule has 0 unspecified atom stereocenters. The lowest BCUT2D eigenvalue weighted by Crippen LogP contribution is -2.41. The van der Waals surface area contributed by atoms with Gasteiger partial charge in [0.2, 0.25) is 0 Å². The Morgan fingerprint density at radius 2 is 1.72 bits per heavy atom. The number of carbonyl (C=O) groups is 2. The highest BCUT2D eigenvalue weighted by molar-refractivity contribution is 6.34. The van der Waals surface area contributed by atoms with Gasteiger partial charge >= 0.3 is 0 Å². The molecule has 0 spiro atoms. The first kappa shape index (κ1) is 17.5. The Morgan fingerprint density at radius 1 is 1.04 bits per heavy atom. The number of halogens is 1. The molecule has 2 amide bonds. The molecular formula is C19H19ClN2O3. The summed E-state index contributed by atoms with van der Waals surface area (Å²) in [5.74, 6) is -0.348. The molecule has 1 N–H and O–H groups in total. The van der Waals surface area contributed by atoms with E-state index < -0.39 is 0 Å². The summed E-state index contributed by atoms with van der Waals surface area (Å²) in [5.41, 5.74) is 2.32. The Kier molecular flexibility index (Phi) is 5.36. The molecule has 0 aromatic heterocycles. The van der Waals surface area contributed by atoms with Gasteiger partial charge in [0, 0.05) is 24.3 Å². The maximum absolute atomic E-state index is 12.7. The third kappa shape index (κ3) is 3.83. The predicted octanol–water partition coefficient (Wildman–Crippen LogP) is 3.37. The summed E-state index contributed by atoms with van der Waals surface area (Å²) in [7, 11) is 0. The van der Waals surface area contributed by atoms with E-state index in [-0.39, 0.29) is 11.8 Å². The molecule has 0 bridgehead atoms. The normalized spacial score (nSPS) is 14.2. The van der Waals surface area contributed by atoms with E-state index in [2.05, 4.69) is 5.32 Å². The Morgan fingerprint density at radius 3 is 2.44 bits per heavy atom. The van der Waals surface area contributed by atoms with Crippen molar-refractivity contribution < 1.29 is 14.3 Å². The Hall–Kier alpha value is -2.37. The van der Waals surface area contributed by atoms with Gasteiger partial charge in [0.15, 0.2) is 0 Å². The quantitative estimate of drug-likeness (QED) is 0.915. The van der Waals surface area contributed by atoms with Crippen LogP contribution in [0.4, 0.5) is 5.69 Å². The number of amides is 2. The highest BCUT2D eigenvalue weighted by Crippen LogP contribution is 2.23. The van der Waals surface area contributed by atoms with E-state index in [1.165, 1.54) is 0 Å². The summed E-state index contributed by atoms with van der Waals surface area (Å²) in [4.78, 5) is 27.0. The van der Waals surface area contributed by atoms with Crippen molar-refractivity contribution in [3.05, 3.63) is 64.2 Å². The van der Waals surface area contributed by atoms with Crippen LogP contribution in [0.1, 0.15) is 26.3 Å². The van der Waals surface area contributed by atoms with Crippen LogP contribution in [0.3, 0.4) is 0 Å². The van der Waals surface area contributed by atoms with Crippen LogP contribution in [0.2, 0.25) is 5.02 Å². The minimum atomic E-state index is -0.301. The van der Waals surface area contributed by atoms with Gasteiger partial charge in [0.1, 0.15) is 0 Å². The lowest BCUT2D eigenvalue weighted by molar-refractivity contribution is 0.0302. The second-order valence-corrected chi connectivity index (χ2v) is 6.22. The summed E-state index contributed by atoms with van der Waals surface area (Å²) in [6, 6.07) is 12.2. The van der Waals surface area contributed by atoms with Gasteiger partial charge in [-0.3, -0.25) is 9.59 Å². The van der Waals surface area contributed by atoms with Crippen molar-refractivity contribution in [2.45, 2.75) is 6.92 Å². The Labute approximate surface area is 151 Å². The average Bonchev–Trinajstić information content (AvgIpc) is 2.64. The SMILES string of the molecule is Cc1c(NC(=O)c2ccccc2Cl)cccc1C(=O)N1CCOCC1. The predicted molar refractivity (Wildman–Crippen MR) is 97.3 cm³/mol. The number of nitrogens with one attached hydrogen (secondary N) is 1. The van der Waals surface area contributed by atoms with E-state index >= 15 is 0 Å². The van der Waals surface area contributed by atoms with Crippen molar-refractivity contribution in [3.63, 3.8) is 0 Å². The molecule has 1 heterocycles. The van der Waals surface area contributed by atoms with Gasteiger partial charge in [-0.05, 0) is 36.8 Å². The monoisotopic (exact) mass is 358 g/mol. The number of ether oxygens (including phenoxy) is 1. The molecule has 0 saturated carbocycles. The van der Waals surface area contributed by atoms with E-state index in [1.54, 1.807) is 47.4 Å². The van der Waals surface area contributed by atoms with E-state index in [0.717, 1.165) is 5.56 Å². The number of hydrogen-bond donors (Lipinski definition) is 1. The summed E-state index contributed by atoms with van der Waals surface area (Å²) in [6.45, 7) is 4.08. The van der Waals surface area contributed by atoms with Gasteiger partial charge in [-0.1, -0.05) is 29.8 Å². The second-order valence-electron chi connectivity index (χ2n) is 5.82. The third-order valence-corrected chi connectivity index (χ3v) is 4.56. The van der Waals surface area contributed by atoms with Crippen LogP contribution in [0, 0.1) is 6.92 Å². The topological polar surface area (TPSA) is 58.6 Å². The van der Waals surface area contributed by atoms with Gasteiger partial charge in [-0.2, -0.15) is 0 Å². The second kappa shape index (κ2) is 7.68. The summed E-state index contributed by atoms with van der Waals surface area (Å²) in [6.07, 6.45) is 0. The zero-order valence-electron chi connectivity index (χ0n) is 13.9. The number of morpholine rings is 1. The van der Waals surface area contributed by atoms with E-state index in [1.807, 2.05) is 6.92 Å². The number of nitrogens with zero attached hydrogens (tertiary/aromatic N) is 1. The summed E-state index contributed by atoms with van der Waals surface area (Å²) in [5, 5.41) is 3.23. The lowest BCUT2D eigenvalue weighted by atomic mass is 10.0. The van der Waals surface area contributed by atoms with Crippen LogP contribution in [0.5, 0.6) is 0 Å². The Bertz CT molecular complexity index is 801. The van der Waals surface area contributed by atoms with Crippen LogP contribution in [-0.4, -0.2) is 43.0 Å². The number of benzene rings is 2. The van der Waals surface area contributed by atoms with Crippen molar-refractivity contribution in [2.75, 3.05) is 31.6 Å². The van der Waals surface area contributed by atoms with Crippen LogP contribution in [0.25, 0.3) is 0 Å².